The van der Waals surface area contributed by atoms with Gasteiger partial charge in [-0.2, -0.15) is 0 Å². The van der Waals surface area contributed by atoms with Crippen LogP contribution in [-0.4, -0.2) is 9.13 Å². The Morgan fingerprint density at radius 3 is 1.72 bits per heavy atom. The van der Waals surface area contributed by atoms with Gasteiger partial charge in [0, 0.05) is 38.3 Å². The van der Waals surface area contributed by atoms with Crippen LogP contribution in [0, 0.1) is 0 Å². The highest BCUT2D eigenvalue weighted by atomic mass is 15.0. The lowest BCUT2D eigenvalue weighted by molar-refractivity contribution is 1.18. The molecule has 2 heterocycles. The van der Waals surface area contributed by atoms with Crippen molar-refractivity contribution in [3.63, 3.8) is 0 Å². The second-order valence-electron chi connectivity index (χ2n) is 15.7. The average molecular weight is 735 g/mol. The van der Waals surface area contributed by atoms with Crippen molar-refractivity contribution in [2.75, 3.05) is 0 Å². The monoisotopic (exact) mass is 734 g/mol. The minimum absolute atomic E-state index is 1.15. The molecule has 58 heavy (non-hydrogen) atoms. The van der Waals surface area contributed by atoms with Crippen molar-refractivity contribution in [3.05, 3.63) is 206 Å². The fraction of sp³-hybridized carbons (Fsp3) is 0. The lowest BCUT2D eigenvalue weighted by atomic mass is 9.97. The van der Waals surface area contributed by atoms with Gasteiger partial charge in [0.15, 0.2) is 0 Å². The lowest BCUT2D eigenvalue weighted by Gasteiger charge is -2.12. The Balaban J connectivity index is 0.976. The summed E-state index contributed by atoms with van der Waals surface area (Å²) in [7, 11) is 0. The summed E-state index contributed by atoms with van der Waals surface area (Å²) < 4.78 is 4.87. The van der Waals surface area contributed by atoms with E-state index in [4.69, 9.17) is 0 Å². The fourth-order valence-electron chi connectivity index (χ4n) is 10.0. The van der Waals surface area contributed by atoms with Crippen molar-refractivity contribution in [1.82, 2.24) is 9.13 Å². The molecule has 10 aromatic carbocycles. The number of rotatable bonds is 4. The van der Waals surface area contributed by atoms with Gasteiger partial charge >= 0.3 is 0 Å². The Bertz CT molecular complexity index is 3650. The zero-order valence-corrected chi connectivity index (χ0v) is 31.5. The molecule has 1 aliphatic rings. The predicted octanol–water partition coefficient (Wildman–Crippen LogP) is 15.2. The van der Waals surface area contributed by atoms with Crippen LogP contribution in [0.25, 0.3) is 121 Å². The van der Waals surface area contributed by atoms with Gasteiger partial charge in [0.2, 0.25) is 0 Å². The lowest BCUT2D eigenvalue weighted by Crippen LogP contribution is -1.95. The summed E-state index contributed by atoms with van der Waals surface area (Å²) in [4.78, 5) is 0. The molecular formula is C56H34N2. The first-order valence-electron chi connectivity index (χ1n) is 20.1. The molecule has 0 saturated heterocycles. The van der Waals surface area contributed by atoms with Crippen molar-refractivity contribution < 1.29 is 0 Å². The van der Waals surface area contributed by atoms with Crippen molar-refractivity contribution in [3.8, 4) is 55.9 Å². The number of aromatic nitrogens is 2. The first-order chi connectivity index (χ1) is 28.8. The van der Waals surface area contributed by atoms with E-state index in [1.807, 2.05) is 0 Å². The van der Waals surface area contributed by atoms with Crippen LogP contribution < -0.4 is 0 Å². The molecule has 13 rings (SSSR count). The summed E-state index contributed by atoms with van der Waals surface area (Å²) in [5, 5.41) is 10.2. The van der Waals surface area contributed by atoms with Gasteiger partial charge in [0.25, 0.3) is 0 Å². The Morgan fingerprint density at radius 2 is 0.862 bits per heavy atom. The number of hydrogen-bond donors (Lipinski definition) is 0. The van der Waals surface area contributed by atoms with Crippen LogP contribution in [0.5, 0.6) is 0 Å². The third-order valence-electron chi connectivity index (χ3n) is 12.6. The minimum atomic E-state index is 1.15. The molecule has 1 aliphatic carbocycles. The number of para-hydroxylation sites is 2. The van der Waals surface area contributed by atoms with Crippen LogP contribution in [-0.2, 0) is 0 Å². The molecule has 0 spiro atoms. The molecule has 0 aliphatic heterocycles. The Kier molecular flexibility index (Phi) is 6.47. The van der Waals surface area contributed by atoms with Gasteiger partial charge in [-0.05, 0) is 115 Å². The third kappa shape index (κ3) is 4.43. The predicted molar refractivity (Wildman–Crippen MR) is 245 cm³/mol. The highest BCUT2D eigenvalue weighted by Crippen LogP contribution is 2.48. The summed E-state index contributed by atoms with van der Waals surface area (Å²) in [5.74, 6) is 0. The molecule has 2 aromatic heterocycles. The zero-order valence-electron chi connectivity index (χ0n) is 31.5. The van der Waals surface area contributed by atoms with Crippen LogP contribution in [0.15, 0.2) is 206 Å². The Labute approximate surface area is 335 Å². The van der Waals surface area contributed by atoms with Crippen molar-refractivity contribution >= 4 is 65.2 Å². The van der Waals surface area contributed by atoms with Gasteiger partial charge < -0.3 is 9.13 Å². The van der Waals surface area contributed by atoms with Gasteiger partial charge in [-0.1, -0.05) is 152 Å². The topological polar surface area (TPSA) is 9.86 Å². The summed E-state index contributed by atoms with van der Waals surface area (Å²) in [6.07, 6.45) is 0. The highest BCUT2D eigenvalue weighted by molar-refractivity contribution is 6.20. The molecular weight excluding hydrogens is 701 g/mol. The van der Waals surface area contributed by atoms with Gasteiger partial charge in [0.05, 0.1) is 22.1 Å². The first kappa shape index (κ1) is 31.5. The van der Waals surface area contributed by atoms with E-state index >= 15 is 0 Å². The SMILES string of the molecule is c1ccc(-n2c3ccccc3c3cc(-c4ccc5c6ccc7ccccc7c6n(-c6ccc(-c7ccc8c(c7)-c7cccc9cccc-8c79)cc6)c5c4)ccc32)cc1. The van der Waals surface area contributed by atoms with Gasteiger partial charge in [-0.15, -0.1) is 0 Å². The van der Waals surface area contributed by atoms with E-state index in [0.29, 0.717) is 0 Å². The Morgan fingerprint density at radius 1 is 0.259 bits per heavy atom. The maximum atomic E-state index is 2.49. The summed E-state index contributed by atoms with van der Waals surface area (Å²) in [6, 6.07) is 76.3. The molecule has 0 fully saturated rings. The smallest absolute Gasteiger partial charge is 0.0619 e. The van der Waals surface area contributed by atoms with Crippen LogP contribution in [0.3, 0.4) is 0 Å². The molecule has 268 valence electrons. The molecule has 0 saturated carbocycles. The van der Waals surface area contributed by atoms with Crippen LogP contribution in [0.2, 0.25) is 0 Å². The second-order valence-corrected chi connectivity index (χ2v) is 15.7. The number of benzene rings is 10. The van der Waals surface area contributed by atoms with E-state index in [1.165, 1.54) is 115 Å². The Hall–Kier alpha value is -7.68. The molecule has 0 N–H and O–H groups in total. The summed E-state index contributed by atoms with van der Waals surface area (Å²) >= 11 is 0. The van der Waals surface area contributed by atoms with Crippen LogP contribution in [0.4, 0.5) is 0 Å². The van der Waals surface area contributed by atoms with Crippen LogP contribution >= 0.6 is 0 Å². The molecule has 0 radical (unpaired) electrons. The van der Waals surface area contributed by atoms with E-state index in [0.717, 1.165) is 5.69 Å². The number of nitrogens with zero attached hydrogens (tertiary/aromatic N) is 2. The van der Waals surface area contributed by atoms with Gasteiger partial charge in [0.1, 0.15) is 0 Å². The second kappa shape index (κ2) is 11.9. The largest absolute Gasteiger partial charge is 0.309 e. The number of hydrogen-bond acceptors (Lipinski definition) is 0. The van der Waals surface area contributed by atoms with E-state index < -0.39 is 0 Å². The molecule has 0 unspecified atom stereocenters. The van der Waals surface area contributed by atoms with E-state index in [9.17, 15) is 0 Å². The van der Waals surface area contributed by atoms with E-state index in [1.54, 1.807) is 0 Å². The third-order valence-corrected chi connectivity index (χ3v) is 12.6. The number of fused-ring (bicyclic) bond motifs is 11. The molecule has 2 nitrogen and oxygen atoms in total. The normalized spacial score (nSPS) is 12.1. The summed E-state index contributed by atoms with van der Waals surface area (Å²) in [5.41, 5.74) is 17.3. The van der Waals surface area contributed by atoms with Crippen molar-refractivity contribution in [2.45, 2.75) is 0 Å². The maximum absolute atomic E-state index is 2.49. The van der Waals surface area contributed by atoms with E-state index in [-0.39, 0.29) is 0 Å². The molecule has 0 bridgehead atoms. The first-order valence-corrected chi connectivity index (χ1v) is 20.1. The van der Waals surface area contributed by atoms with Crippen LogP contribution in [0.1, 0.15) is 0 Å². The standard InChI is InChI=1S/C56H34N2/c1-2-13-41(14-3-1)57-52-19-7-6-16-45(52)51-33-39(25-31-53(51)57)40-24-29-46-49-30-22-36-10-4-5-15-43(36)56(49)58(54(46)34-40)42-26-20-35(21-27-42)38-23-28-44-47-17-8-11-37-12-9-18-48(55(37)47)50(44)32-38/h1-34H. The molecule has 0 amide bonds. The van der Waals surface area contributed by atoms with Crippen molar-refractivity contribution in [2.24, 2.45) is 0 Å². The quantitative estimate of drug-likeness (QED) is 0.170. The van der Waals surface area contributed by atoms with Gasteiger partial charge in [-0.3, -0.25) is 0 Å². The van der Waals surface area contributed by atoms with E-state index in [2.05, 4.69) is 215 Å². The molecule has 2 heteroatoms. The highest BCUT2D eigenvalue weighted by Gasteiger charge is 2.22. The maximum Gasteiger partial charge on any atom is 0.0619 e. The van der Waals surface area contributed by atoms with Crippen molar-refractivity contribution in [1.29, 1.82) is 0 Å². The minimum Gasteiger partial charge on any atom is -0.309 e. The zero-order chi connectivity index (χ0) is 37.9. The summed E-state index contributed by atoms with van der Waals surface area (Å²) in [6.45, 7) is 0. The average Bonchev–Trinajstić information content (AvgIpc) is 3.93. The molecule has 12 aromatic rings. The molecule has 0 atom stereocenters. The van der Waals surface area contributed by atoms with Gasteiger partial charge in [-0.25, -0.2) is 0 Å². The fourth-order valence-corrected chi connectivity index (χ4v) is 10.0.